The molecule has 0 unspecified atom stereocenters. The molecule has 0 radical (unpaired) electrons. The Morgan fingerprint density at radius 2 is 2.12 bits per heavy atom. The average molecular weight is 236 g/mol. The molecule has 0 aromatic heterocycles. The van der Waals surface area contributed by atoms with Crippen molar-refractivity contribution >= 4 is 5.69 Å². The molecule has 0 amide bonds. The summed E-state index contributed by atoms with van der Waals surface area (Å²) in [6.07, 6.45) is 3.10. The highest BCUT2D eigenvalue weighted by Gasteiger charge is 1.99. The van der Waals surface area contributed by atoms with Gasteiger partial charge in [-0.3, -0.25) is 0 Å². The number of nitrogens with zero attached hydrogens (tertiary/aromatic N) is 1. The number of hydrogen-bond donors (Lipinski definition) is 1. The number of nitriles is 1. The Bertz CT molecular complexity index is 387. The van der Waals surface area contributed by atoms with Crippen LogP contribution in [0, 0.1) is 17.1 Å². The predicted molar refractivity (Wildman–Crippen MR) is 65.3 cm³/mol. The molecule has 3 nitrogen and oxygen atoms in total. The topological polar surface area (TPSA) is 45.0 Å². The first-order valence-corrected chi connectivity index (χ1v) is 5.70. The highest BCUT2D eigenvalue weighted by atomic mass is 19.1. The summed E-state index contributed by atoms with van der Waals surface area (Å²) in [6.45, 7) is 1.55. The van der Waals surface area contributed by atoms with Crippen LogP contribution in [-0.4, -0.2) is 20.3 Å². The fourth-order valence-corrected chi connectivity index (χ4v) is 1.54. The van der Waals surface area contributed by atoms with E-state index in [1.54, 1.807) is 13.2 Å². The van der Waals surface area contributed by atoms with E-state index in [2.05, 4.69) is 5.32 Å². The standard InChI is InChI=1S/C13H17FN2O/c1-17-6-4-2-3-5-16-13-8-11(10-15)7-12(14)9-13/h7-9,16H,2-6H2,1H3. The van der Waals surface area contributed by atoms with Crippen LogP contribution in [0.5, 0.6) is 0 Å². The Morgan fingerprint density at radius 3 is 2.82 bits per heavy atom. The van der Waals surface area contributed by atoms with Crippen molar-refractivity contribution in [1.29, 1.82) is 5.26 Å². The second-order valence-electron chi connectivity index (χ2n) is 3.82. The fraction of sp³-hybridized carbons (Fsp3) is 0.462. The van der Waals surface area contributed by atoms with Crippen molar-refractivity contribution in [1.82, 2.24) is 0 Å². The maximum atomic E-state index is 13.1. The molecule has 0 saturated carbocycles. The minimum atomic E-state index is -0.383. The molecule has 1 rings (SSSR count). The van der Waals surface area contributed by atoms with Crippen molar-refractivity contribution in [3.05, 3.63) is 29.6 Å². The fourth-order valence-electron chi connectivity index (χ4n) is 1.54. The number of rotatable bonds is 7. The van der Waals surface area contributed by atoms with Crippen molar-refractivity contribution in [2.75, 3.05) is 25.6 Å². The Labute approximate surface area is 101 Å². The molecule has 0 saturated heterocycles. The molecule has 0 heterocycles. The van der Waals surface area contributed by atoms with Gasteiger partial charge in [0.2, 0.25) is 0 Å². The monoisotopic (exact) mass is 236 g/mol. The maximum absolute atomic E-state index is 13.1. The molecular weight excluding hydrogens is 219 g/mol. The molecule has 0 aliphatic rings. The van der Waals surface area contributed by atoms with Gasteiger partial charge in [0.1, 0.15) is 5.82 Å². The van der Waals surface area contributed by atoms with Gasteiger partial charge in [-0.25, -0.2) is 4.39 Å². The summed E-state index contributed by atoms with van der Waals surface area (Å²) in [6, 6.07) is 6.21. The van der Waals surface area contributed by atoms with Crippen molar-refractivity contribution in [2.45, 2.75) is 19.3 Å². The minimum absolute atomic E-state index is 0.340. The van der Waals surface area contributed by atoms with Crippen LogP contribution in [0.2, 0.25) is 0 Å². The van der Waals surface area contributed by atoms with Gasteiger partial charge in [0.05, 0.1) is 11.6 Å². The van der Waals surface area contributed by atoms with Gasteiger partial charge in [0.15, 0.2) is 0 Å². The van der Waals surface area contributed by atoms with E-state index in [4.69, 9.17) is 10.00 Å². The van der Waals surface area contributed by atoms with E-state index in [1.807, 2.05) is 6.07 Å². The number of hydrogen-bond acceptors (Lipinski definition) is 3. The van der Waals surface area contributed by atoms with Crippen LogP contribution in [0.1, 0.15) is 24.8 Å². The van der Waals surface area contributed by atoms with Gasteiger partial charge < -0.3 is 10.1 Å². The summed E-state index contributed by atoms with van der Waals surface area (Å²) in [5.41, 5.74) is 1.00. The number of unbranched alkanes of at least 4 members (excludes halogenated alkanes) is 2. The summed E-state index contributed by atoms with van der Waals surface area (Å²) in [4.78, 5) is 0. The van der Waals surface area contributed by atoms with Gasteiger partial charge in [-0.2, -0.15) is 5.26 Å². The molecule has 0 aliphatic carbocycles. The van der Waals surface area contributed by atoms with Crippen LogP contribution in [0.25, 0.3) is 0 Å². The molecule has 17 heavy (non-hydrogen) atoms. The van der Waals surface area contributed by atoms with Crippen molar-refractivity contribution in [2.24, 2.45) is 0 Å². The van der Waals surface area contributed by atoms with E-state index in [0.717, 1.165) is 32.4 Å². The van der Waals surface area contributed by atoms with Crippen molar-refractivity contribution < 1.29 is 9.13 Å². The lowest BCUT2D eigenvalue weighted by molar-refractivity contribution is 0.192. The number of methoxy groups -OCH3 is 1. The van der Waals surface area contributed by atoms with E-state index < -0.39 is 0 Å². The van der Waals surface area contributed by atoms with E-state index in [9.17, 15) is 4.39 Å². The number of ether oxygens (including phenoxy) is 1. The van der Waals surface area contributed by atoms with Crippen LogP contribution in [0.3, 0.4) is 0 Å². The molecule has 0 fully saturated rings. The van der Waals surface area contributed by atoms with Crippen LogP contribution >= 0.6 is 0 Å². The third kappa shape index (κ3) is 5.32. The predicted octanol–water partition coefficient (Wildman–Crippen LogP) is 2.93. The van der Waals surface area contributed by atoms with Crippen LogP contribution in [0.4, 0.5) is 10.1 Å². The van der Waals surface area contributed by atoms with Gasteiger partial charge in [-0.05, 0) is 37.5 Å². The first-order chi connectivity index (χ1) is 8.26. The van der Waals surface area contributed by atoms with Crippen LogP contribution in [0.15, 0.2) is 18.2 Å². The molecule has 0 aliphatic heterocycles. The first-order valence-electron chi connectivity index (χ1n) is 5.70. The average Bonchev–Trinajstić information content (AvgIpc) is 2.33. The maximum Gasteiger partial charge on any atom is 0.126 e. The van der Waals surface area contributed by atoms with Crippen LogP contribution in [-0.2, 0) is 4.74 Å². The zero-order valence-electron chi connectivity index (χ0n) is 10.0. The lowest BCUT2D eigenvalue weighted by Crippen LogP contribution is -2.02. The highest BCUT2D eigenvalue weighted by Crippen LogP contribution is 2.13. The minimum Gasteiger partial charge on any atom is -0.385 e. The van der Waals surface area contributed by atoms with Crippen molar-refractivity contribution in [3.63, 3.8) is 0 Å². The lowest BCUT2D eigenvalue weighted by Gasteiger charge is -2.06. The number of anilines is 1. The van der Waals surface area contributed by atoms with Gasteiger partial charge in [-0.1, -0.05) is 0 Å². The Kier molecular flexibility index (Phi) is 6.05. The SMILES string of the molecule is COCCCCCNc1cc(F)cc(C#N)c1. The first kappa shape index (κ1) is 13.5. The lowest BCUT2D eigenvalue weighted by atomic mass is 10.2. The molecule has 0 bridgehead atoms. The molecule has 1 aromatic carbocycles. The normalized spacial score (nSPS) is 9.94. The Hall–Kier alpha value is -1.60. The second-order valence-corrected chi connectivity index (χ2v) is 3.82. The molecule has 4 heteroatoms. The Morgan fingerprint density at radius 1 is 1.29 bits per heavy atom. The van der Waals surface area contributed by atoms with Crippen LogP contribution < -0.4 is 5.32 Å². The van der Waals surface area contributed by atoms with E-state index >= 15 is 0 Å². The van der Waals surface area contributed by atoms with E-state index in [0.29, 0.717) is 11.3 Å². The second kappa shape index (κ2) is 7.64. The zero-order chi connectivity index (χ0) is 12.5. The van der Waals surface area contributed by atoms with E-state index in [-0.39, 0.29) is 5.82 Å². The summed E-state index contributed by atoms with van der Waals surface area (Å²) < 4.78 is 18.0. The molecular formula is C13H17FN2O. The van der Waals surface area contributed by atoms with Gasteiger partial charge >= 0.3 is 0 Å². The zero-order valence-corrected chi connectivity index (χ0v) is 10.0. The van der Waals surface area contributed by atoms with Gasteiger partial charge in [-0.15, -0.1) is 0 Å². The molecule has 92 valence electrons. The summed E-state index contributed by atoms with van der Waals surface area (Å²) >= 11 is 0. The third-order valence-corrected chi connectivity index (χ3v) is 2.38. The quantitative estimate of drug-likeness (QED) is 0.740. The molecule has 0 spiro atoms. The number of benzene rings is 1. The number of halogens is 1. The third-order valence-electron chi connectivity index (χ3n) is 2.38. The molecule has 1 N–H and O–H groups in total. The van der Waals surface area contributed by atoms with Gasteiger partial charge in [0, 0.05) is 25.9 Å². The smallest absolute Gasteiger partial charge is 0.126 e. The van der Waals surface area contributed by atoms with Gasteiger partial charge in [0.25, 0.3) is 0 Å². The summed E-state index contributed by atoms with van der Waals surface area (Å²) in [7, 11) is 1.69. The van der Waals surface area contributed by atoms with Crippen molar-refractivity contribution in [3.8, 4) is 6.07 Å². The largest absolute Gasteiger partial charge is 0.385 e. The molecule has 1 aromatic rings. The summed E-state index contributed by atoms with van der Waals surface area (Å²) in [5.74, 6) is -0.383. The van der Waals surface area contributed by atoms with E-state index in [1.165, 1.54) is 12.1 Å². The summed E-state index contributed by atoms with van der Waals surface area (Å²) in [5, 5.41) is 11.8. The highest BCUT2D eigenvalue weighted by molar-refractivity contribution is 5.49. The Balaban J connectivity index is 2.32. The number of nitrogens with one attached hydrogen (secondary N) is 1. The molecule has 0 atom stereocenters.